The summed E-state index contributed by atoms with van der Waals surface area (Å²) in [7, 11) is -4.60. The number of anilines is 1. The van der Waals surface area contributed by atoms with E-state index in [1.54, 1.807) is 18.3 Å². The molecule has 1 heterocycles. The first-order chi connectivity index (χ1) is 16.5. The van der Waals surface area contributed by atoms with Crippen LogP contribution in [0.25, 0.3) is 0 Å². The Labute approximate surface area is 208 Å². The fourth-order valence-corrected chi connectivity index (χ4v) is 8.06. The highest BCUT2D eigenvalue weighted by Crippen LogP contribution is 2.62. The molecule has 2 saturated carbocycles. The van der Waals surface area contributed by atoms with E-state index in [9.17, 15) is 14.2 Å². The molecule has 10 heteroatoms. The van der Waals surface area contributed by atoms with Crippen LogP contribution in [0.4, 0.5) is 5.13 Å². The molecule has 3 aliphatic carbocycles. The van der Waals surface area contributed by atoms with Gasteiger partial charge in [-0.1, -0.05) is 13.0 Å². The molecule has 2 aromatic rings. The van der Waals surface area contributed by atoms with Crippen LogP contribution >= 0.6 is 19.2 Å². The van der Waals surface area contributed by atoms with Gasteiger partial charge in [0, 0.05) is 29.3 Å². The summed E-state index contributed by atoms with van der Waals surface area (Å²) < 4.78 is 16.0. The lowest BCUT2D eigenvalue weighted by molar-refractivity contribution is -0.129. The van der Waals surface area contributed by atoms with Crippen molar-refractivity contribution in [1.29, 1.82) is 0 Å². The number of benzene rings is 1. The number of phosphoric ester groups is 1. The van der Waals surface area contributed by atoms with Gasteiger partial charge < -0.3 is 9.84 Å². The number of Topliss-reactive ketones (excluding diaryl/α,β-unsaturated/α-hetero) is 1. The lowest BCUT2D eigenvalue weighted by atomic mass is 9.54. The van der Waals surface area contributed by atoms with Crippen molar-refractivity contribution in [2.24, 2.45) is 23.2 Å². The number of carbonyl (C=O) groups is 2. The molecule has 188 valence electrons. The van der Waals surface area contributed by atoms with Crippen LogP contribution in [-0.2, 0) is 20.6 Å². The van der Waals surface area contributed by atoms with Crippen molar-refractivity contribution in [3.8, 4) is 5.75 Å². The normalized spacial score (nSPS) is 29.8. The number of phosphoric acid groups is 1. The highest BCUT2D eigenvalue weighted by atomic mass is 32.1. The summed E-state index contributed by atoms with van der Waals surface area (Å²) >= 11 is 1.45. The molecule has 0 aliphatic heterocycles. The number of hydrogen-bond donors (Lipinski definition) is 3. The van der Waals surface area contributed by atoms with Gasteiger partial charge in [-0.2, -0.15) is 0 Å². The lowest BCUT2D eigenvalue weighted by Gasteiger charge is -2.50. The van der Waals surface area contributed by atoms with Gasteiger partial charge in [0.1, 0.15) is 11.5 Å². The zero-order valence-electron chi connectivity index (χ0n) is 19.9. The maximum Gasteiger partial charge on any atom is 0.524 e. The zero-order chi connectivity index (χ0) is 25.0. The Morgan fingerprint density at radius 1 is 1.34 bits per heavy atom. The van der Waals surface area contributed by atoms with E-state index in [0.29, 0.717) is 42.0 Å². The van der Waals surface area contributed by atoms with Crippen LogP contribution in [-0.4, -0.2) is 26.5 Å². The van der Waals surface area contributed by atoms with E-state index < -0.39 is 7.82 Å². The van der Waals surface area contributed by atoms with Gasteiger partial charge in [0.15, 0.2) is 5.13 Å². The molecule has 4 unspecified atom stereocenters. The Morgan fingerprint density at radius 2 is 2.14 bits per heavy atom. The molecule has 8 nitrogen and oxygen atoms in total. The number of hydrogen-bond acceptors (Lipinski definition) is 6. The minimum atomic E-state index is -4.60. The Bertz CT molecular complexity index is 1210. The molecule has 5 atom stereocenters. The number of thiazole rings is 1. The van der Waals surface area contributed by atoms with E-state index >= 15 is 0 Å². The van der Waals surface area contributed by atoms with Gasteiger partial charge >= 0.3 is 7.82 Å². The van der Waals surface area contributed by atoms with Gasteiger partial charge in [-0.05, 0) is 86.0 Å². The van der Waals surface area contributed by atoms with E-state index in [-0.39, 0.29) is 28.9 Å². The second kappa shape index (κ2) is 9.11. The zero-order valence-corrected chi connectivity index (χ0v) is 21.6. The average Bonchev–Trinajstić information content (AvgIpc) is 3.30. The van der Waals surface area contributed by atoms with Crippen LogP contribution < -0.4 is 9.84 Å². The molecule has 2 fully saturated rings. The van der Waals surface area contributed by atoms with Gasteiger partial charge in [-0.15, -0.1) is 11.3 Å². The van der Waals surface area contributed by atoms with Crippen molar-refractivity contribution >= 4 is 36.0 Å². The number of ketones is 1. The third-order valence-electron chi connectivity index (χ3n) is 8.38. The highest BCUT2D eigenvalue weighted by Gasteiger charge is 2.58. The number of aryl methyl sites for hydroxylation is 2. The Balaban J connectivity index is 1.32. The van der Waals surface area contributed by atoms with Crippen molar-refractivity contribution in [3.05, 3.63) is 40.4 Å². The molecule has 1 aromatic heterocycles. The largest absolute Gasteiger partial charge is 0.524 e. The standard InChI is InChI=1S/C25H31N2O6PS/c1-14-13-26-24(35-14)27-22(29)8-4-16-12-21(28)25(2)10-9-19-18-7-5-17(33-34(30,31)32)11-15(18)3-6-20(19)23(16)25/h5,7,11,13,16,19-20,23H,3-4,6,8-10,12H2,1-2H3,(H,26,27,29)(H2,30,31,32)/t16?,19?,20?,23?,25-/m1/s1. The van der Waals surface area contributed by atoms with E-state index in [0.717, 1.165) is 36.1 Å². The predicted molar refractivity (Wildman–Crippen MR) is 132 cm³/mol. The number of fused-ring (bicyclic) bond motifs is 5. The van der Waals surface area contributed by atoms with Crippen LogP contribution in [0.15, 0.2) is 24.4 Å². The molecule has 5 rings (SSSR count). The third-order valence-corrected chi connectivity index (χ3v) is 9.65. The maximum atomic E-state index is 13.2. The van der Waals surface area contributed by atoms with Crippen molar-refractivity contribution in [3.63, 3.8) is 0 Å². The topological polar surface area (TPSA) is 126 Å². The van der Waals surface area contributed by atoms with Crippen molar-refractivity contribution in [1.82, 2.24) is 4.98 Å². The number of carbonyl (C=O) groups excluding carboxylic acids is 2. The summed E-state index contributed by atoms with van der Waals surface area (Å²) in [6.45, 7) is 4.08. The molecule has 3 N–H and O–H groups in total. The summed E-state index contributed by atoms with van der Waals surface area (Å²) in [5.41, 5.74) is 1.94. The molecule has 0 bridgehead atoms. The fraction of sp³-hybridized carbons (Fsp3) is 0.560. The molecule has 35 heavy (non-hydrogen) atoms. The second-order valence-corrected chi connectivity index (χ2v) is 12.9. The first-order valence-electron chi connectivity index (χ1n) is 12.2. The molecule has 1 aromatic carbocycles. The highest BCUT2D eigenvalue weighted by molar-refractivity contribution is 7.46. The molecule has 3 aliphatic rings. The molecule has 1 amide bonds. The van der Waals surface area contributed by atoms with Crippen molar-refractivity contribution in [2.75, 3.05) is 5.32 Å². The third kappa shape index (κ3) is 4.84. The maximum absolute atomic E-state index is 13.2. The quantitative estimate of drug-likeness (QED) is 0.460. The van der Waals surface area contributed by atoms with Gasteiger partial charge in [0.05, 0.1) is 0 Å². The first-order valence-corrected chi connectivity index (χ1v) is 14.5. The minimum Gasteiger partial charge on any atom is -0.404 e. The minimum absolute atomic E-state index is 0.0562. The van der Waals surface area contributed by atoms with E-state index in [1.165, 1.54) is 16.9 Å². The van der Waals surface area contributed by atoms with E-state index in [4.69, 9.17) is 14.3 Å². The summed E-state index contributed by atoms with van der Waals surface area (Å²) in [5.74, 6) is 1.55. The second-order valence-electron chi connectivity index (χ2n) is 10.5. The molecule has 0 spiro atoms. The monoisotopic (exact) mass is 518 g/mol. The first kappa shape index (κ1) is 24.6. The summed E-state index contributed by atoms with van der Waals surface area (Å²) in [4.78, 5) is 49.3. The van der Waals surface area contributed by atoms with Crippen LogP contribution in [0, 0.1) is 30.1 Å². The smallest absolute Gasteiger partial charge is 0.404 e. The average molecular weight is 519 g/mol. The summed E-state index contributed by atoms with van der Waals surface area (Å²) in [6, 6.07) is 5.32. The van der Waals surface area contributed by atoms with Crippen molar-refractivity contribution in [2.45, 2.75) is 64.7 Å². The molecule has 0 saturated heterocycles. The molecular weight excluding hydrogens is 487 g/mol. The number of amides is 1. The SMILES string of the molecule is Cc1cnc(NC(=O)CCC2CC(=O)[C@@]3(C)CCC4c5ccc(OP(=O)(O)O)cc5CCC4C23)s1. The molecular formula is C25H31N2O6PS. The Kier molecular flexibility index (Phi) is 6.41. The summed E-state index contributed by atoms with van der Waals surface area (Å²) in [5, 5.41) is 3.50. The number of nitrogens with zero attached hydrogens (tertiary/aromatic N) is 1. The Hall–Kier alpha value is -2.06. The number of rotatable bonds is 6. The van der Waals surface area contributed by atoms with Crippen LogP contribution in [0.1, 0.15) is 67.4 Å². The number of nitrogens with one attached hydrogen (secondary N) is 1. The molecule has 0 radical (unpaired) electrons. The van der Waals surface area contributed by atoms with Crippen LogP contribution in [0.5, 0.6) is 5.75 Å². The van der Waals surface area contributed by atoms with Crippen LogP contribution in [0.2, 0.25) is 0 Å². The van der Waals surface area contributed by atoms with Crippen LogP contribution in [0.3, 0.4) is 0 Å². The lowest BCUT2D eigenvalue weighted by Crippen LogP contribution is -2.44. The van der Waals surface area contributed by atoms with Gasteiger partial charge in [-0.25, -0.2) is 9.55 Å². The van der Waals surface area contributed by atoms with Crippen molar-refractivity contribution < 1.29 is 28.5 Å². The number of aromatic nitrogens is 1. The Morgan fingerprint density at radius 3 is 2.86 bits per heavy atom. The predicted octanol–water partition coefficient (Wildman–Crippen LogP) is 4.99. The van der Waals surface area contributed by atoms with Gasteiger partial charge in [0.25, 0.3) is 0 Å². The van der Waals surface area contributed by atoms with E-state index in [2.05, 4.69) is 17.2 Å². The summed E-state index contributed by atoms with van der Waals surface area (Å²) in [6.07, 6.45) is 6.80. The van der Waals surface area contributed by atoms with Gasteiger partial charge in [-0.3, -0.25) is 19.4 Å². The fourth-order valence-electron chi connectivity index (χ4n) is 6.99. The van der Waals surface area contributed by atoms with Gasteiger partial charge in [0.2, 0.25) is 5.91 Å². The van der Waals surface area contributed by atoms with E-state index in [1.807, 2.05) is 13.0 Å².